The normalized spacial score (nSPS) is 25.5. The first kappa shape index (κ1) is 18.6. The molecule has 2 aliphatic rings. The molecular formula is C18H23N3O4S. The van der Waals surface area contributed by atoms with E-state index < -0.39 is 11.6 Å². The van der Waals surface area contributed by atoms with Gasteiger partial charge < -0.3 is 10.6 Å². The van der Waals surface area contributed by atoms with E-state index in [0.717, 1.165) is 29.0 Å². The zero-order chi connectivity index (χ0) is 18.9. The quantitative estimate of drug-likeness (QED) is 0.606. The number of thiophene rings is 1. The van der Waals surface area contributed by atoms with Crippen LogP contribution in [0.15, 0.2) is 12.1 Å². The molecule has 1 aromatic rings. The first-order valence-corrected chi connectivity index (χ1v) is 9.65. The molecule has 2 atom stereocenters. The molecule has 140 valence electrons. The number of hydrogen-bond donors (Lipinski definition) is 2. The number of urea groups is 1. The van der Waals surface area contributed by atoms with E-state index in [0.29, 0.717) is 17.8 Å². The molecule has 1 saturated carbocycles. The van der Waals surface area contributed by atoms with Crippen LogP contribution in [-0.4, -0.2) is 40.6 Å². The number of nitrogens with zero attached hydrogens (tertiary/aromatic N) is 1. The maximum atomic E-state index is 12.9. The summed E-state index contributed by atoms with van der Waals surface area (Å²) in [6.07, 6.45) is 3.47. The van der Waals surface area contributed by atoms with Crippen molar-refractivity contribution in [1.29, 1.82) is 0 Å². The zero-order valence-electron chi connectivity index (χ0n) is 15.0. The molecule has 2 N–H and O–H groups in total. The van der Waals surface area contributed by atoms with Crippen LogP contribution in [0.1, 0.15) is 54.1 Å². The Labute approximate surface area is 156 Å². The van der Waals surface area contributed by atoms with Gasteiger partial charge in [-0.15, -0.1) is 11.3 Å². The molecule has 1 aliphatic carbocycles. The van der Waals surface area contributed by atoms with Crippen LogP contribution >= 0.6 is 11.3 Å². The predicted molar refractivity (Wildman–Crippen MR) is 96.8 cm³/mol. The fourth-order valence-electron chi connectivity index (χ4n) is 3.69. The van der Waals surface area contributed by atoms with E-state index in [-0.39, 0.29) is 30.1 Å². The van der Waals surface area contributed by atoms with Crippen molar-refractivity contribution >= 4 is 35.0 Å². The Morgan fingerprint density at radius 3 is 2.81 bits per heavy atom. The minimum absolute atomic E-state index is 0.0683. The second-order valence-corrected chi connectivity index (χ2v) is 8.21. The number of imide groups is 1. The smallest absolute Gasteiger partial charge is 0.325 e. The van der Waals surface area contributed by atoms with Gasteiger partial charge in [0.2, 0.25) is 5.91 Å². The minimum atomic E-state index is -0.846. The van der Waals surface area contributed by atoms with Crippen LogP contribution in [0.3, 0.4) is 0 Å². The van der Waals surface area contributed by atoms with Gasteiger partial charge >= 0.3 is 6.03 Å². The van der Waals surface area contributed by atoms with Gasteiger partial charge in [0.25, 0.3) is 5.91 Å². The molecule has 8 heteroatoms. The highest BCUT2D eigenvalue weighted by molar-refractivity contribution is 7.14. The highest BCUT2D eigenvalue weighted by Gasteiger charge is 2.55. The lowest BCUT2D eigenvalue weighted by Crippen LogP contribution is -2.54. The maximum Gasteiger partial charge on any atom is 0.325 e. The van der Waals surface area contributed by atoms with E-state index in [2.05, 4.69) is 10.6 Å². The summed E-state index contributed by atoms with van der Waals surface area (Å²) in [6, 6.07) is 2.96. The Kier molecular flexibility index (Phi) is 5.13. The summed E-state index contributed by atoms with van der Waals surface area (Å²) in [5, 5.41) is 5.53. The lowest BCUT2D eigenvalue weighted by molar-refractivity contribution is -0.133. The van der Waals surface area contributed by atoms with Crippen molar-refractivity contribution in [2.24, 2.45) is 5.92 Å². The summed E-state index contributed by atoms with van der Waals surface area (Å²) in [5.74, 6) is -0.623. The van der Waals surface area contributed by atoms with Crippen LogP contribution in [0, 0.1) is 5.92 Å². The molecule has 0 radical (unpaired) electrons. The van der Waals surface area contributed by atoms with Crippen LogP contribution in [0.5, 0.6) is 0 Å². The Bertz CT molecular complexity index is 759. The van der Waals surface area contributed by atoms with Gasteiger partial charge in [0, 0.05) is 11.8 Å². The number of Topliss-reactive ketones (excluding diaryl/α,β-unsaturated/α-hetero) is 1. The Morgan fingerprint density at radius 2 is 2.12 bits per heavy atom. The SMILES string of the molecule is CC(=O)NCc1ccc(C(=O)CN2C(=O)N[C@@]3(CCCC[C@H]3C)C2=O)s1. The van der Waals surface area contributed by atoms with Gasteiger partial charge in [-0.25, -0.2) is 4.79 Å². The first-order valence-electron chi connectivity index (χ1n) is 8.84. The molecule has 7 nitrogen and oxygen atoms in total. The molecule has 26 heavy (non-hydrogen) atoms. The molecule has 2 fully saturated rings. The largest absolute Gasteiger partial charge is 0.351 e. The summed E-state index contributed by atoms with van der Waals surface area (Å²) in [4.78, 5) is 51.1. The van der Waals surface area contributed by atoms with Crippen LogP contribution in [0.4, 0.5) is 4.79 Å². The zero-order valence-corrected chi connectivity index (χ0v) is 15.8. The van der Waals surface area contributed by atoms with Crippen LogP contribution in [0.25, 0.3) is 0 Å². The van der Waals surface area contributed by atoms with E-state index in [9.17, 15) is 19.2 Å². The van der Waals surface area contributed by atoms with Crippen LogP contribution < -0.4 is 10.6 Å². The van der Waals surface area contributed by atoms with Gasteiger partial charge in [-0.05, 0) is 30.9 Å². The summed E-state index contributed by atoms with van der Waals surface area (Å²) in [7, 11) is 0. The van der Waals surface area contributed by atoms with Crippen LogP contribution in [0.2, 0.25) is 0 Å². The van der Waals surface area contributed by atoms with Gasteiger partial charge in [0.1, 0.15) is 5.54 Å². The molecule has 2 heterocycles. The molecule has 1 aliphatic heterocycles. The predicted octanol–water partition coefficient (Wildman–Crippen LogP) is 2.07. The molecule has 0 aromatic carbocycles. The first-order chi connectivity index (χ1) is 12.3. The molecule has 0 unspecified atom stereocenters. The maximum absolute atomic E-state index is 12.9. The van der Waals surface area contributed by atoms with Gasteiger partial charge in [0.15, 0.2) is 5.78 Å². The summed E-state index contributed by atoms with van der Waals surface area (Å²) in [6.45, 7) is 3.52. The standard InChI is InChI=1S/C18H23N3O4S/c1-11-5-3-4-8-18(11)16(24)21(17(25)20-18)10-14(23)15-7-6-13(26-15)9-19-12(2)22/h6-7,11H,3-5,8-10H2,1-2H3,(H,19,22)(H,20,25)/t11-,18-/m1/s1. The monoisotopic (exact) mass is 377 g/mol. The Morgan fingerprint density at radius 1 is 1.35 bits per heavy atom. The van der Waals surface area contributed by atoms with E-state index in [1.165, 1.54) is 18.3 Å². The van der Waals surface area contributed by atoms with Gasteiger partial charge in [-0.3, -0.25) is 19.3 Å². The van der Waals surface area contributed by atoms with E-state index in [4.69, 9.17) is 0 Å². The van der Waals surface area contributed by atoms with E-state index in [1.54, 1.807) is 12.1 Å². The number of carbonyl (C=O) groups excluding carboxylic acids is 4. The van der Waals surface area contributed by atoms with Gasteiger partial charge in [-0.2, -0.15) is 0 Å². The third kappa shape index (κ3) is 3.38. The number of carbonyl (C=O) groups is 4. The molecule has 1 spiro atoms. The van der Waals surface area contributed by atoms with E-state index in [1.807, 2.05) is 6.92 Å². The van der Waals surface area contributed by atoms with Crippen molar-refractivity contribution in [2.75, 3.05) is 6.54 Å². The number of ketones is 1. The Balaban J connectivity index is 1.68. The summed E-state index contributed by atoms with van der Waals surface area (Å²) < 4.78 is 0. The number of rotatable bonds is 5. The van der Waals surface area contributed by atoms with Crippen molar-refractivity contribution in [3.05, 3.63) is 21.9 Å². The molecule has 3 rings (SSSR count). The fraction of sp³-hybridized carbons (Fsp3) is 0.556. The van der Waals surface area contributed by atoms with Gasteiger partial charge in [-0.1, -0.05) is 19.8 Å². The second-order valence-electron chi connectivity index (χ2n) is 7.04. The molecule has 4 amide bonds. The molecule has 1 aromatic heterocycles. The summed E-state index contributed by atoms with van der Waals surface area (Å²) >= 11 is 1.26. The van der Waals surface area contributed by atoms with Gasteiger partial charge in [0.05, 0.1) is 18.0 Å². The molecular weight excluding hydrogens is 354 g/mol. The fourth-order valence-corrected chi connectivity index (χ4v) is 4.57. The summed E-state index contributed by atoms with van der Waals surface area (Å²) in [5.41, 5.74) is -0.846. The number of amides is 4. The highest BCUT2D eigenvalue weighted by Crippen LogP contribution is 2.38. The third-order valence-electron chi connectivity index (χ3n) is 5.25. The van der Waals surface area contributed by atoms with Crippen molar-refractivity contribution in [2.45, 2.75) is 51.6 Å². The topological polar surface area (TPSA) is 95.6 Å². The average Bonchev–Trinajstić information content (AvgIpc) is 3.15. The minimum Gasteiger partial charge on any atom is -0.351 e. The van der Waals surface area contributed by atoms with Crippen molar-refractivity contribution in [3.8, 4) is 0 Å². The van der Waals surface area contributed by atoms with Crippen molar-refractivity contribution in [3.63, 3.8) is 0 Å². The van der Waals surface area contributed by atoms with Crippen molar-refractivity contribution in [1.82, 2.24) is 15.5 Å². The average molecular weight is 377 g/mol. The second kappa shape index (κ2) is 7.19. The highest BCUT2D eigenvalue weighted by atomic mass is 32.1. The number of hydrogen-bond acceptors (Lipinski definition) is 5. The van der Waals surface area contributed by atoms with E-state index >= 15 is 0 Å². The molecule has 0 bridgehead atoms. The lowest BCUT2D eigenvalue weighted by Gasteiger charge is -2.36. The Hall–Kier alpha value is -2.22. The van der Waals surface area contributed by atoms with Crippen molar-refractivity contribution < 1.29 is 19.2 Å². The van der Waals surface area contributed by atoms with Crippen LogP contribution in [-0.2, 0) is 16.1 Å². The lowest BCUT2D eigenvalue weighted by atomic mass is 9.73. The third-order valence-corrected chi connectivity index (χ3v) is 6.38. The number of nitrogens with one attached hydrogen (secondary N) is 2. The molecule has 1 saturated heterocycles.